The molecule has 2 saturated carbocycles. The highest BCUT2D eigenvalue weighted by molar-refractivity contribution is 5.80. The minimum absolute atomic E-state index is 0.179. The summed E-state index contributed by atoms with van der Waals surface area (Å²) in [5.41, 5.74) is 5.51. The number of nitrogens with one attached hydrogen (secondary N) is 1. The molecule has 4 heteroatoms. The second-order valence-corrected chi connectivity index (χ2v) is 6.42. The summed E-state index contributed by atoms with van der Waals surface area (Å²) >= 11 is 0. The molecule has 0 aliphatic heterocycles. The van der Waals surface area contributed by atoms with Gasteiger partial charge in [-0.05, 0) is 51.5 Å². The van der Waals surface area contributed by atoms with Gasteiger partial charge in [-0.15, -0.1) is 0 Å². The van der Waals surface area contributed by atoms with Gasteiger partial charge in [0.1, 0.15) is 0 Å². The number of carbonyl (C=O) groups excluding carboxylic acids is 1. The molecule has 0 bridgehead atoms. The Hall–Kier alpha value is -0.610. The number of hydrogen-bond acceptors (Lipinski definition) is 3. The predicted octanol–water partition coefficient (Wildman–Crippen LogP) is 1.49. The van der Waals surface area contributed by atoms with Crippen molar-refractivity contribution in [1.29, 1.82) is 0 Å². The molecule has 2 rings (SSSR count). The van der Waals surface area contributed by atoms with Crippen LogP contribution in [0.4, 0.5) is 0 Å². The maximum Gasteiger partial charge on any atom is 0.235 e. The van der Waals surface area contributed by atoms with Crippen molar-refractivity contribution in [2.24, 2.45) is 11.7 Å². The van der Waals surface area contributed by atoms with Gasteiger partial charge in [-0.1, -0.05) is 13.3 Å². The summed E-state index contributed by atoms with van der Waals surface area (Å²) in [5, 5.41) is 3.36. The number of amides is 1. The third-order valence-electron chi connectivity index (χ3n) is 4.85. The van der Waals surface area contributed by atoms with Gasteiger partial charge in [-0.3, -0.25) is 4.79 Å². The van der Waals surface area contributed by atoms with Crippen LogP contribution >= 0.6 is 0 Å². The van der Waals surface area contributed by atoms with E-state index in [1.165, 1.54) is 44.9 Å². The van der Waals surface area contributed by atoms with Gasteiger partial charge in [-0.25, -0.2) is 0 Å². The second-order valence-electron chi connectivity index (χ2n) is 6.42. The molecule has 110 valence electrons. The van der Waals surface area contributed by atoms with E-state index in [-0.39, 0.29) is 11.9 Å². The van der Waals surface area contributed by atoms with Crippen LogP contribution in [0.15, 0.2) is 0 Å². The van der Waals surface area contributed by atoms with Crippen molar-refractivity contribution in [3.05, 3.63) is 0 Å². The second kappa shape index (κ2) is 6.71. The zero-order chi connectivity index (χ0) is 13.8. The minimum Gasteiger partial charge on any atom is -0.368 e. The molecule has 0 saturated heterocycles. The van der Waals surface area contributed by atoms with Crippen molar-refractivity contribution >= 4 is 5.91 Å². The molecule has 1 amide bonds. The molecule has 0 heterocycles. The summed E-state index contributed by atoms with van der Waals surface area (Å²) in [6.07, 6.45) is 8.90. The lowest BCUT2D eigenvalue weighted by Crippen LogP contribution is -2.51. The molecular weight excluding hydrogens is 238 g/mol. The van der Waals surface area contributed by atoms with Crippen molar-refractivity contribution < 1.29 is 4.79 Å². The van der Waals surface area contributed by atoms with Crippen molar-refractivity contribution in [2.45, 2.75) is 70.0 Å². The first-order valence-corrected chi connectivity index (χ1v) is 7.85. The number of nitrogens with zero attached hydrogens (tertiary/aromatic N) is 1. The first kappa shape index (κ1) is 14.8. The molecule has 19 heavy (non-hydrogen) atoms. The van der Waals surface area contributed by atoms with E-state index in [1.54, 1.807) is 0 Å². The number of primary amides is 1. The van der Waals surface area contributed by atoms with Crippen molar-refractivity contribution in [3.8, 4) is 0 Å². The SMILES string of the molecule is CCC1CCC(N(C)CC(NC2CC2)C(N)=O)CC1. The highest BCUT2D eigenvalue weighted by Gasteiger charge is 2.30. The smallest absolute Gasteiger partial charge is 0.235 e. The standard InChI is InChI=1S/C15H29N3O/c1-3-11-4-8-13(9-5-11)18(2)10-14(15(16)19)17-12-6-7-12/h11-14,17H,3-10H2,1-2H3,(H2,16,19). The van der Waals surface area contributed by atoms with Crippen LogP contribution in [0.5, 0.6) is 0 Å². The lowest BCUT2D eigenvalue weighted by molar-refractivity contribution is -0.120. The van der Waals surface area contributed by atoms with Crippen molar-refractivity contribution in [2.75, 3.05) is 13.6 Å². The monoisotopic (exact) mass is 267 g/mol. The van der Waals surface area contributed by atoms with E-state index < -0.39 is 0 Å². The largest absolute Gasteiger partial charge is 0.368 e. The fourth-order valence-corrected chi connectivity index (χ4v) is 3.19. The highest BCUT2D eigenvalue weighted by Crippen LogP contribution is 2.29. The van der Waals surface area contributed by atoms with Gasteiger partial charge in [0.2, 0.25) is 5.91 Å². The topological polar surface area (TPSA) is 58.4 Å². The molecule has 0 radical (unpaired) electrons. The average Bonchev–Trinajstić information content (AvgIpc) is 3.22. The number of likely N-dealkylation sites (N-methyl/N-ethyl adjacent to an activating group) is 1. The van der Waals surface area contributed by atoms with E-state index in [1.807, 2.05) is 0 Å². The Labute approximate surface area is 117 Å². The highest BCUT2D eigenvalue weighted by atomic mass is 16.1. The van der Waals surface area contributed by atoms with E-state index in [0.29, 0.717) is 12.1 Å². The van der Waals surface area contributed by atoms with Gasteiger partial charge in [-0.2, -0.15) is 0 Å². The molecule has 2 aliphatic carbocycles. The number of carbonyl (C=O) groups is 1. The Morgan fingerprint density at radius 1 is 1.26 bits per heavy atom. The average molecular weight is 267 g/mol. The zero-order valence-corrected chi connectivity index (χ0v) is 12.4. The lowest BCUT2D eigenvalue weighted by Gasteiger charge is -2.35. The van der Waals surface area contributed by atoms with Crippen LogP contribution < -0.4 is 11.1 Å². The maximum absolute atomic E-state index is 11.5. The molecule has 4 nitrogen and oxygen atoms in total. The maximum atomic E-state index is 11.5. The van der Waals surface area contributed by atoms with Gasteiger partial charge < -0.3 is 16.0 Å². The lowest BCUT2D eigenvalue weighted by atomic mass is 9.84. The van der Waals surface area contributed by atoms with Crippen LogP contribution in [0.1, 0.15) is 51.9 Å². The summed E-state index contributed by atoms with van der Waals surface area (Å²) in [5.74, 6) is 0.710. The van der Waals surface area contributed by atoms with Gasteiger partial charge in [0.15, 0.2) is 0 Å². The van der Waals surface area contributed by atoms with Gasteiger partial charge >= 0.3 is 0 Å². The summed E-state index contributed by atoms with van der Waals surface area (Å²) in [6, 6.07) is 0.980. The van der Waals surface area contributed by atoms with E-state index >= 15 is 0 Å². The summed E-state index contributed by atoms with van der Waals surface area (Å²) < 4.78 is 0. The Bertz CT molecular complexity index is 296. The fraction of sp³-hybridized carbons (Fsp3) is 0.933. The third-order valence-corrected chi connectivity index (χ3v) is 4.85. The quantitative estimate of drug-likeness (QED) is 0.735. The normalized spacial score (nSPS) is 29.4. The molecule has 0 aromatic heterocycles. The zero-order valence-electron chi connectivity index (χ0n) is 12.4. The molecule has 1 atom stereocenters. The number of rotatable bonds is 7. The Balaban J connectivity index is 1.78. The minimum atomic E-state index is -0.207. The Morgan fingerprint density at radius 3 is 2.37 bits per heavy atom. The van der Waals surface area contributed by atoms with Crippen LogP contribution in [-0.2, 0) is 4.79 Å². The number of hydrogen-bond donors (Lipinski definition) is 2. The summed E-state index contributed by atoms with van der Waals surface area (Å²) in [7, 11) is 2.14. The van der Waals surface area contributed by atoms with Gasteiger partial charge in [0.25, 0.3) is 0 Å². The molecule has 0 aromatic carbocycles. The molecule has 3 N–H and O–H groups in total. The van der Waals surface area contributed by atoms with E-state index in [9.17, 15) is 4.79 Å². The summed E-state index contributed by atoms with van der Waals surface area (Å²) in [4.78, 5) is 13.9. The Kier molecular flexibility index (Phi) is 5.22. The molecule has 2 aliphatic rings. The van der Waals surface area contributed by atoms with Crippen LogP contribution in [-0.4, -0.2) is 42.5 Å². The molecular formula is C15H29N3O. The predicted molar refractivity (Wildman–Crippen MR) is 77.8 cm³/mol. The van der Waals surface area contributed by atoms with Gasteiger partial charge in [0, 0.05) is 18.6 Å². The summed E-state index contributed by atoms with van der Waals surface area (Å²) in [6.45, 7) is 3.05. The van der Waals surface area contributed by atoms with Gasteiger partial charge in [0.05, 0.1) is 6.04 Å². The Morgan fingerprint density at radius 2 is 1.89 bits per heavy atom. The third kappa shape index (κ3) is 4.46. The molecule has 2 fully saturated rings. The number of nitrogens with two attached hydrogens (primary N) is 1. The van der Waals surface area contributed by atoms with Crippen LogP contribution in [0, 0.1) is 5.92 Å². The first-order chi connectivity index (χ1) is 9.10. The van der Waals surface area contributed by atoms with E-state index in [2.05, 4.69) is 24.2 Å². The van der Waals surface area contributed by atoms with Crippen molar-refractivity contribution in [3.63, 3.8) is 0 Å². The van der Waals surface area contributed by atoms with E-state index in [0.717, 1.165) is 12.5 Å². The van der Waals surface area contributed by atoms with Crippen LogP contribution in [0.25, 0.3) is 0 Å². The molecule has 0 spiro atoms. The first-order valence-electron chi connectivity index (χ1n) is 7.85. The van der Waals surface area contributed by atoms with Crippen molar-refractivity contribution in [1.82, 2.24) is 10.2 Å². The van der Waals surface area contributed by atoms with E-state index in [4.69, 9.17) is 5.73 Å². The fourth-order valence-electron chi connectivity index (χ4n) is 3.19. The van der Waals surface area contributed by atoms with Crippen LogP contribution in [0.2, 0.25) is 0 Å². The molecule has 0 aromatic rings. The van der Waals surface area contributed by atoms with Crippen LogP contribution in [0.3, 0.4) is 0 Å². The molecule has 1 unspecified atom stereocenters.